The minimum absolute atomic E-state index is 0.252. The largest absolute Gasteiger partial charge is 0.354 e. The fourth-order valence-corrected chi connectivity index (χ4v) is 4.29. The van der Waals surface area contributed by atoms with E-state index < -0.39 is 27.8 Å². The molecule has 7 heteroatoms. The normalized spacial score (nSPS) is 12.6. The Morgan fingerprint density at radius 3 is 2.14 bits per heavy atom. The number of amides is 1. The number of rotatable bonds is 9. The lowest BCUT2D eigenvalue weighted by Gasteiger charge is -2.28. The van der Waals surface area contributed by atoms with Crippen LogP contribution in [-0.2, 0) is 21.2 Å². The Labute approximate surface area is 173 Å². The van der Waals surface area contributed by atoms with Gasteiger partial charge in [0.15, 0.2) is 0 Å². The third kappa shape index (κ3) is 6.56. The smallest absolute Gasteiger partial charge is 0.243 e. The molecule has 158 valence electrons. The lowest BCUT2D eigenvalue weighted by molar-refractivity contribution is -0.121. The van der Waals surface area contributed by atoms with E-state index in [2.05, 4.69) is 43.4 Å². The summed E-state index contributed by atoms with van der Waals surface area (Å²) in [6, 6.07) is 12.5. The van der Waals surface area contributed by atoms with E-state index in [0.29, 0.717) is 12.5 Å². The topological polar surface area (TPSA) is 66.5 Å². The van der Waals surface area contributed by atoms with E-state index in [1.807, 2.05) is 0 Å². The van der Waals surface area contributed by atoms with Gasteiger partial charge in [0.25, 0.3) is 0 Å². The molecule has 0 bridgehead atoms. The molecule has 0 aliphatic heterocycles. The first-order chi connectivity index (χ1) is 13.6. The maximum Gasteiger partial charge on any atom is 0.243 e. The van der Waals surface area contributed by atoms with Crippen LogP contribution in [0.4, 0.5) is 10.1 Å². The molecule has 0 heterocycles. The molecule has 0 fully saturated rings. The van der Waals surface area contributed by atoms with Crippen molar-refractivity contribution in [2.24, 2.45) is 0 Å². The molecule has 0 saturated carbocycles. The Balaban J connectivity index is 1.93. The Morgan fingerprint density at radius 2 is 1.62 bits per heavy atom. The maximum absolute atomic E-state index is 13.2. The third-order valence-electron chi connectivity index (χ3n) is 4.76. The number of carbonyl (C=O) groups is 1. The highest BCUT2D eigenvalue weighted by atomic mass is 32.2. The molecule has 2 rings (SSSR count). The van der Waals surface area contributed by atoms with E-state index in [0.717, 1.165) is 23.4 Å². The molecular formula is C22H29FN2O3S. The van der Waals surface area contributed by atoms with Gasteiger partial charge >= 0.3 is 0 Å². The van der Waals surface area contributed by atoms with Crippen molar-refractivity contribution in [3.05, 3.63) is 65.5 Å². The van der Waals surface area contributed by atoms with Crippen molar-refractivity contribution < 1.29 is 17.6 Å². The fourth-order valence-electron chi connectivity index (χ4n) is 3.12. The van der Waals surface area contributed by atoms with Crippen LogP contribution < -0.4 is 9.62 Å². The number of carbonyl (C=O) groups excluding carboxylic acids is 1. The summed E-state index contributed by atoms with van der Waals surface area (Å²) >= 11 is 0. The van der Waals surface area contributed by atoms with Crippen LogP contribution >= 0.6 is 0 Å². The molecule has 0 radical (unpaired) electrons. The van der Waals surface area contributed by atoms with E-state index in [4.69, 9.17) is 0 Å². The van der Waals surface area contributed by atoms with Crippen LogP contribution in [0.3, 0.4) is 0 Å². The number of aryl methyl sites for hydroxylation is 1. The summed E-state index contributed by atoms with van der Waals surface area (Å²) in [5, 5.41) is 2.80. The molecule has 5 nitrogen and oxygen atoms in total. The van der Waals surface area contributed by atoms with Crippen molar-refractivity contribution >= 4 is 21.6 Å². The van der Waals surface area contributed by atoms with E-state index in [1.54, 1.807) is 0 Å². The molecule has 2 aromatic carbocycles. The number of sulfonamides is 1. The molecule has 1 N–H and O–H groups in total. The number of halogens is 1. The molecule has 0 aromatic heterocycles. The summed E-state index contributed by atoms with van der Waals surface area (Å²) in [5.74, 6) is -0.376. The number of nitrogens with zero attached hydrogens (tertiary/aromatic N) is 1. The standard InChI is InChI=1S/C22H29FN2O3S/c1-16(2)19-9-7-18(8-10-19)6-5-15-24-22(26)17(3)25(29(4,27)28)21-13-11-20(23)12-14-21/h7-14,16-17H,5-6,15H2,1-4H3,(H,24,26)/t17-/m1/s1. The number of anilines is 1. The molecule has 1 atom stereocenters. The molecule has 0 aliphatic rings. The Kier molecular flexibility index (Phi) is 7.79. The predicted octanol–water partition coefficient (Wildman–Crippen LogP) is 3.85. The van der Waals surface area contributed by atoms with Crippen molar-refractivity contribution in [3.63, 3.8) is 0 Å². The van der Waals surface area contributed by atoms with Crippen LogP contribution in [0, 0.1) is 5.82 Å². The van der Waals surface area contributed by atoms with Gasteiger partial charge in [0.1, 0.15) is 11.9 Å². The summed E-state index contributed by atoms with van der Waals surface area (Å²) < 4.78 is 38.6. The molecule has 1 amide bonds. The van der Waals surface area contributed by atoms with Gasteiger partial charge in [-0.1, -0.05) is 38.1 Å². The van der Waals surface area contributed by atoms with Gasteiger partial charge in [0.2, 0.25) is 15.9 Å². The van der Waals surface area contributed by atoms with Crippen LogP contribution in [0.5, 0.6) is 0 Å². The van der Waals surface area contributed by atoms with Crippen LogP contribution in [-0.4, -0.2) is 33.2 Å². The quantitative estimate of drug-likeness (QED) is 0.627. The highest BCUT2D eigenvalue weighted by molar-refractivity contribution is 7.92. The summed E-state index contributed by atoms with van der Waals surface area (Å²) in [4.78, 5) is 12.5. The molecule has 0 aliphatic carbocycles. The van der Waals surface area contributed by atoms with Gasteiger partial charge in [-0.2, -0.15) is 0 Å². The Morgan fingerprint density at radius 1 is 1.03 bits per heavy atom. The second kappa shape index (κ2) is 9.87. The SMILES string of the molecule is CC(C)c1ccc(CCCNC(=O)[C@@H](C)N(c2ccc(F)cc2)S(C)(=O)=O)cc1. The van der Waals surface area contributed by atoms with E-state index in [1.165, 1.54) is 42.3 Å². The number of hydrogen-bond donors (Lipinski definition) is 1. The summed E-state index contributed by atoms with van der Waals surface area (Å²) in [7, 11) is -3.71. The van der Waals surface area contributed by atoms with Crippen molar-refractivity contribution in [1.29, 1.82) is 0 Å². The second-order valence-corrected chi connectivity index (χ2v) is 9.36. The van der Waals surface area contributed by atoms with Crippen molar-refractivity contribution in [2.45, 2.75) is 45.6 Å². The monoisotopic (exact) mass is 420 g/mol. The van der Waals surface area contributed by atoms with Crippen LogP contribution in [0.1, 0.15) is 44.2 Å². The average molecular weight is 421 g/mol. The van der Waals surface area contributed by atoms with Gasteiger partial charge in [0, 0.05) is 6.54 Å². The molecule has 29 heavy (non-hydrogen) atoms. The highest BCUT2D eigenvalue weighted by Gasteiger charge is 2.28. The molecular weight excluding hydrogens is 391 g/mol. The van der Waals surface area contributed by atoms with Gasteiger partial charge in [-0.3, -0.25) is 9.10 Å². The third-order valence-corrected chi connectivity index (χ3v) is 6.00. The minimum Gasteiger partial charge on any atom is -0.354 e. The average Bonchev–Trinajstić information content (AvgIpc) is 2.66. The van der Waals surface area contributed by atoms with Gasteiger partial charge in [-0.25, -0.2) is 12.8 Å². The lowest BCUT2D eigenvalue weighted by atomic mass is 10.0. The van der Waals surface area contributed by atoms with Gasteiger partial charge in [-0.05, 0) is 61.1 Å². The van der Waals surface area contributed by atoms with Gasteiger partial charge < -0.3 is 5.32 Å². The van der Waals surface area contributed by atoms with E-state index in [9.17, 15) is 17.6 Å². The molecule has 2 aromatic rings. The minimum atomic E-state index is -3.71. The van der Waals surface area contributed by atoms with Gasteiger partial charge in [0.05, 0.1) is 11.9 Å². The summed E-state index contributed by atoms with van der Waals surface area (Å²) in [6.07, 6.45) is 2.59. The Hall–Kier alpha value is -2.41. The van der Waals surface area contributed by atoms with Gasteiger partial charge in [-0.15, -0.1) is 0 Å². The molecule has 0 spiro atoms. The lowest BCUT2D eigenvalue weighted by Crippen LogP contribution is -2.48. The first kappa shape index (κ1) is 22.9. The van der Waals surface area contributed by atoms with Crippen LogP contribution in [0.2, 0.25) is 0 Å². The Bertz CT molecular complexity index is 910. The summed E-state index contributed by atoms with van der Waals surface area (Å²) in [6.45, 7) is 6.26. The number of benzene rings is 2. The van der Waals surface area contributed by atoms with E-state index >= 15 is 0 Å². The van der Waals surface area contributed by atoms with Crippen molar-refractivity contribution in [2.75, 3.05) is 17.1 Å². The van der Waals surface area contributed by atoms with Crippen molar-refractivity contribution in [1.82, 2.24) is 5.32 Å². The zero-order valence-corrected chi connectivity index (χ0v) is 18.2. The zero-order valence-electron chi connectivity index (χ0n) is 17.4. The number of nitrogens with one attached hydrogen (secondary N) is 1. The molecule has 0 saturated heterocycles. The predicted molar refractivity (Wildman–Crippen MR) is 115 cm³/mol. The second-order valence-electron chi connectivity index (χ2n) is 7.50. The first-order valence-corrected chi connectivity index (χ1v) is 11.6. The summed E-state index contributed by atoms with van der Waals surface area (Å²) in [5.41, 5.74) is 2.74. The fraction of sp³-hybridized carbons (Fsp3) is 0.409. The maximum atomic E-state index is 13.2. The van der Waals surface area contributed by atoms with Crippen LogP contribution in [0.15, 0.2) is 48.5 Å². The highest BCUT2D eigenvalue weighted by Crippen LogP contribution is 2.21. The zero-order chi connectivity index (χ0) is 21.6. The number of hydrogen-bond acceptors (Lipinski definition) is 3. The first-order valence-electron chi connectivity index (χ1n) is 9.71. The van der Waals surface area contributed by atoms with Crippen LogP contribution in [0.25, 0.3) is 0 Å². The van der Waals surface area contributed by atoms with Crippen molar-refractivity contribution in [3.8, 4) is 0 Å². The molecule has 0 unspecified atom stereocenters. The van der Waals surface area contributed by atoms with E-state index in [-0.39, 0.29) is 5.69 Å².